The van der Waals surface area contributed by atoms with Gasteiger partial charge in [0.2, 0.25) is 0 Å². The van der Waals surface area contributed by atoms with Crippen LogP contribution < -0.4 is 16.0 Å². The summed E-state index contributed by atoms with van der Waals surface area (Å²) in [6.45, 7) is 15.8. The number of hydrogen-bond donors (Lipinski definition) is 3. The zero-order chi connectivity index (χ0) is 14.0. The maximum Gasteiger partial charge on any atom is 0.166 e. The van der Waals surface area contributed by atoms with Crippen LogP contribution >= 0.6 is 12.2 Å². The van der Waals surface area contributed by atoms with Crippen molar-refractivity contribution in [1.29, 1.82) is 0 Å². The minimum Gasteiger partial charge on any atom is -0.359 e. The molecule has 104 valence electrons. The van der Waals surface area contributed by atoms with Gasteiger partial charge in [0.1, 0.15) is 0 Å². The highest BCUT2D eigenvalue weighted by molar-refractivity contribution is 7.80. The molecule has 0 radical (unpaired) electrons. The summed E-state index contributed by atoms with van der Waals surface area (Å²) in [6.07, 6.45) is 2.26. The second-order valence-corrected chi connectivity index (χ2v) is 7.42. The van der Waals surface area contributed by atoms with Crippen molar-refractivity contribution in [3.63, 3.8) is 0 Å². The van der Waals surface area contributed by atoms with E-state index in [2.05, 4.69) is 50.2 Å². The maximum atomic E-state index is 5.33. The first-order chi connectivity index (χ1) is 8.10. The van der Waals surface area contributed by atoms with Crippen molar-refractivity contribution < 1.29 is 5.32 Å². The van der Waals surface area contributed by atoms with Crippen molar-refractivity contribution in [1.82, 2.24) is 10.6 Å². The number of quaternary nitrogens is 1. The Balaban J connectivity index is 2.51. The SMILES string of the molecule is C=C(C)CNC(=S)NC1CC(C)(C)[NH2+]C(C)(C)C1. The lowest BCUT2D eigenvalue weighted by Crippen LogP contribution is -3.06. The normalized spacial score (nSPS) is 22.3. The number of thiocarbonyl (C=S) groups is 1. The number of nitrogens with one attached hydrogen (secondary N) is 2. The van der Waals surface area contributed by atoms with Gasteiger partial charge in [-0.2, -0.15) is 0 Å². The Morgan fingerprint density at radius 2 is 1.78 bits per heavy atom. The third-order valence-electron chi connectivity index (χ3n) is 3.21. The molecule has 18 heavy (non-hydrogen) atoms. The van der Waals surface area contributed by atoms with Gasteiger partial charge in [-0.1, -0.05) is 12.2 Å². The van der Waals surface area contributed by atoms with Crippen LogP contribution in [0.4, 0.5) is 0 Å². The molecular formula is C14H28N3S+. The van der Waals surface area contributed by atoms with Gasteiger partial charge in [0.25, 0.3) is 0 Å². The summed E-state index contributed by atoms with van der Waals surface area (Å²) in [4.78, 5) is 0. The van der Waals surface area contributed by atoms with Crippen molar-refractivity contribution in [2.24, 2.45) is 0 Å². The number of hydrogen-bond acceptors (Lipinski definition) is 1. The zero-order valence-electron chi connectivity index (χ0n) is 12.4. The maximum absolute atomic E-state index is 5.33. The second-order valence-electron chi connectivity index (χ2n) is 7.01. The first-order valence-electron chi connectivity index (χ1n) is 6.65. The van der Waals surface area contributed by atoms with Crippen LogP contribution in [0, 0.1) is 0 Å². The van der Waals surface area contributed by atoms with E-state index in [0.29, 0.717) is 6.04 Å². The highest BCUT2D eigenvalue weighted by atomic mass is 32.1. The van der Waals surface area contributed by atoms with Crippen LogP contribution in [0.5, 0.6) is 0 Å². The van der Waals surface area contributed by atoms with Crippen LogP contribution in [-0.2, 0) is 0 Å². The lowest BCUT2D eigenvalue weighted by Gasteiger charge is -2.43. The summed E-state index contributed by atoms with van der Waals surface area (Å²) in [7, 11) is 0. The summed E-state index contributed by atoms with van der Waals surface area (Å²) in [6, 6.07) is 0.449. The second kappa shape index (κ2) is 5.57. The molecule has 1 rings (SSSR count). The molecule has 3 nitrogen and oxygen atoms in total. The van der Waals surface area contributed by atoms with Crippen LogP contribution in [0.2, 0.25) is 0 Å². The fourth-order valence-corrected chi connectivity index (χ4v) is 3.33. The van der Waals surface area contributed by atoms with E-state index >= 15 is 0 Å². The Labute approximate surface area is 117 Å². The molecule has 4 heteroatoms. The molecule has 0 amide bonds. The third kappa shape index (κ3) is 5.36. The van der Waals surface area contributed by atoms with Gasteiger partial charge >= 0.3 is 0 Å². The van der Waals surface area contributed by atoms with Crippen LogP contribution in [0.25, 0.3) is 0 Å². The highest BCUT2D eigenvalue weighted by Crippen LogP contribution is 2.21. The molecule has 1 saturated heterocycles. The van der Waals surface area contributed by atoms with Gasteiger partial charge in [-0.15, -0.1) is 0 Å². The van der Waals surface area contributed by atoms with E-state index in [-0.39, 0.29) is 11.1 Å². The van der Waals surface area contributed by atoms with Gasteiger partial charge in [-0.05, 0) is 46.8 Å². The van der Waals surface area contributed by atoms with Crippen LogP contribution in [0.1, 0.15) is 47.5 Å². The van der Waals surface area contributed by atoms with Gasteiger partial charge in [0.15, 0.2) is 5.11 Å². The summed E-state index contributed by atoms with van der Waals surface area (Å²) in [5.41, 5.74) is 1.63. The molecule has 1 fully saturated rings. The van der Waals surface area contributed by atoms with E-state index in [9.17, 15) is 0 Å². The average Bonchev–Trinajstić information content (AvgIpc) is 2.09. The molecule has 0 saturated carbocycles. The Hall–Kier alpha value is -0.610. The predicted octanol–water partition coefficient (Wildman–Crippen LogP) is 1.31. The molecule has 0 bridgehead atoms. The molecule has 0 aromatic heterocycles. The summed E-state index contributed by atoms with van der Waals surface area (Å²) < 4.78 is 0. The molecule has 0 atom stereocenters. The Morgan fingerprint density at radius 3 is 2.22 bits per heavy atom. The van der Waals surface area contributed by atoms with E-state index in [1.54, 1.807) is 0 Å². The van der Waals surface area contributed by atoms with E-state index in [4.69, 9.17) is 12.2 Å². The highest BCUT2D eigenvalue weighted by Gasteiger charge is 2.41. The molecule has 0 aromatic rings. The first-order valence-corrected chi connectivity index (χ1v) is 7.06. The molecule has 1 aliphatic heterocycles. The lowest BCUT2D eigenvalue weighted by atomic mass is 9.80. The van der Waals surface area contributed by atoms with Crippen molar-refractivity contribution >= 4 is 17.3 Å². The van der Waals surface area contributed by atoms with Gasteiger partial charge < -0.3 is 16.0 Å². The average molecular weight is 270 g/mol. The minimum atomic E-state index is 0.267. The number of nitrogens with two attached hydrogens (primary N) is 1. The molecule has 1 aliphatic rings. The third-order valence-corrected chi connectivity index (χ3v) is 3.47. The number of rotatable bonds is 3. The Bertz CT molecular complexity index is 318. The summed E-state index contributed by atoms with van der Waals surface area (Å²) >= 11 is 5.33. The lowest BCUT2D eigenvalue weighted by molar-refractivity contribution is -0.787. The predicted molar refractivity (Wildman–Crippen MR) is 81.7 cm³/mol. The Kier molecular flexibility index (Phi) is 4.78. The molecule has 0 spiro atoms. The largest absolute Gasteiger partial charge is 0.359 e. The molecule has 0 aromatic carbocycles. The van der Waals surface area contributed by atoms with Crippen LogP contribution in [0.15, 0.2) is 12.2 Å². The van der Waals surface area contributed by atoms with E-state index in [1.165, 1.54) is 0 Å². The molecular weight excluding hydrogens is 242 g/mol. The van der Waals surface area contributed by atoms with Crippen LogP contribution in [-0.4, -0.2) is 28.8 Å². The first kappa shape index (κ1) is 15.4. The van der Waals surface area contributed by atoms with E-state index in [1.807, 2.05) is 6.92 Å². The Morgan fingerprint density at radius 1 is 1.28 bits per heavy atom. The van der Waals surface area contributed by atoms with E-state index < -0.39 is 0 Å². The van der Waals surface area contributed by atoms with Crippen LogP contribution in [0.3, 0.4) is 0 Å². The van der Waals surface area contributed by atoms with Crippen molar-refractivity contribution in [3.05, 3.63) is 12.2 Å². The van der Waals surface area contributed by atoms with Gasteiger partial charge in [0, 0.05) is 25.4 Å². The smallest absolute Gasteiger partial charge is 0.166 e. The monoisotopic (exact) mass is 270 g/mol. The molecule has 1 heterocycles. The zero-order valence-corrected chi connectivity index (χ0v) is 13.2. The quantitative estimate of drug-likeness (QED) is 0.535. The van der Waals surface area contributed by atoms with Crippen molar-refractivity contribution in [2.75, 3.05) is 6.54 Å². The fourth-order valence-electron chi connectivity index (χ4n) is 3.09. The fraction of sp³-hybridized carbons (Fsp3) is 0.786. The van der Waals surface area contributed by atoms with Crippen molar-refractivity contribution in [2.45, 2.75) is 64.6 Å². The molecule has 4 N–H and O–H groups in total. The van der Waals surface area contributed by atoms with E-state index in [0.717, 1.165) is 30.1 Å². The van der Waals surface area contributed by atoms with Gasteiger partial charge in [0.05, 0.1) is 11.1 Å². The standard InChI is InChI=1S/C14H27N3S/c1-10(2)9-15-12(18)16-11-7-13(3,4)17-14(5,6)8-11/h11,17H,1,7-9H2,2-6H3,(H2,15,16,18)/p+1. The molecule has 0 aliphatic carbocycles. The summed E-state index contributed by atoms with van der Waals surface area (Å²) in [5.74, 6) is 0. The van der Waals surface area contributed by atoms with Crippen molar-refractivity contribution in [3.8, 4) is 0 Å². The summed E-state index contributed by atoms with van der Waals surface area (Å²) in [5, 5.41) is 9.86. The topological polar surface area (TPSA) is 40.7 Å². The minimum absolute atomic E-state index is 0.267. The van der Waals surface area contributed by atoms with Gasteiger partial charge in [-0.25, -0.2) is 0 Å². The molecule has 0 unspecified atom stereocenters. The van der Waals surface area contributed by atoms with Gasteiger partial charge in [-0.3, -0.25) is 0 Å². The number of piperidine rings is 1.